The molecule has 0 spiro atoms. The molecular weight excluding hydrogens is 227 g/mol. The molecule has 0 aliphatic carbocycles. The number of benzene rings is 1. The number of hydrogen-bond donors (Lipinski definition) is 0. The summed E-state index contributed by atoms with van der Waals surface area (Å²) >= 11 is 5.87. The lowest BCUT2D eigenvalue weighted by Crippen LogP contribution is -1.96. The Labute approximate surface area is 98.1 Å². The van der Waals surface area contributed by atoms with Crippen LogP contribution in [0.15, 0.2) is 24.3 Å². The molecule has 0 aliphatic heterocycles. The van der Waals surface area contributed by atoms with E-state index in [-0.39, 0.29) is 5.82 Å². The number of aromatic nitrogens is 2. The Morgan fingerprint density at radius 1 is 1.00 bits per heavy atom. The van der Waals surface area contributed by atoms with Gasteiger partial charge in [-0.1, -0.05) is 11.6 Å². The highest BCUT2D eigenvalue weighted by Crippen LogP contribution is 2.25. The van der Waals surface area contributed by atoms with Crippen molar-refractivity contribution < 1.29 is 4.39 Å². The molecule has 0 N–H and O–H groups in total. The van der Waals surface area contributed by atoms with Crippen LogP contribution >= 0.6 is 11.6 Å². The van der Waals surface area contributed by atoms with Crippen molar-refractivity contribution in [3.8, 4) is 11.3 Å². The van der Waals surface area contributed by atoms with Crippen LogP contribution < -0.4 is 0 Å². The third-order valence-corrected chi connectivity index (χ3v) is 2.94. The van der Waals surface area contributed by atoms with Gasteiger partial charge in [0.2, 0.25) is 0 Å². The molecule has 0 atom stereocenters. The van der Waals surface area contributed by atoms with E-state index in [4.69, 9.17) is 11.6 Å². The monoisotopic (exact) mass is 236 g/mol. The minimum Gasteiger partial charge on any atom is -0.207 e. The highest BCUT2D eigenvalue weighted by Gasteiger charge is 2.09. The maximum Gasteiger partial charge on any atom is 0.154 e. The first-order valence-electron chi connectivity index (χ1n) is 4.85. The molecule has 2 nitrogen and oxygen atoms in total. The summed E-state index contributed by atoms with van der Waals surface area (Å²) in [6.45, 7) is 3.81. The number of nitrogens with zero attached hydrogens (tertiary/aromatic N) is 2. The summed E-state index contributed by atoms with van der Waals surface area (Å²) in [7, 11) is 0. The predicted octanol–water partition coefficient (Wildman–Crippen LogP) is 3.55. The zero-order valence-corrected chi connectivity index (χ0v) is 9.72. The molecule has 4 heteroatoms. The molecule has 82 valence electrons. The van der Waals surface area contributed by atoms with Crippen molar-refractivity contribution in [2.45, 2.75) is 13.8 Å². The fourth-order valence-electron chi connectivity index (χ4n) is 1.46. The van der Waals surface area contributed by atoms with Crippen LogP contribution in [-0.4, -0.2) is 10.2 Å². The quantitative estimate of drug-likeness (QED) is 0.757. The van der Waals surface area contributed by atoms with Gasteiger partial charge in [-0.05, 0) is 49.2 Å². The summed E-state index contributed by atoms with van der Waals surface area (Å²) in [5.74, 6) is -0.264. The van der Waals surface area contributed by atoms with Gasteiger partial charge in [-0.25, -0.2) is 4.39 Å². The largest absolute Gasteiger partial charge is 0.207 e. The summed E-state index contributed by atoms with van der Waals surface area (Å²) in [6, 6.07) is 6.17. The van der Waals surface area contributed by atoms with Crippen molar-refractivity contribution in [3.05, 3.63) is 46.4 Å². The molecular formula is C12H10ClFN2. The lowest BCUT2D eigenvalue weighted by Gasteiger charge is -2.07. The second-order valence-corrected chi connectivity index (χ2v) is 3.95. The van der Waals surface area contributed by atoms with Crippen LogP contribution in [0, 0.1) is 19.7 Å². The first-order valence-corrected chi connectivity index (χ1v) is 5.22. The van der Waals surface area contributed by atoms with Crippen LogP contribution in [0.25, 0.3) is 11.3 Å². The lowest BCUT2D eigenvalue weighted by molar-refractivity contribution is 0.628. The average molecular weight is 237 g/mol. The van der Waals surface area contributed by atoms with Crippen LogP contribution in [-0.2, 0) is 0 Å². The van der Waals surface area contributed by atoms with Gasteiger partial charge in [0.15, 0.2) is 5.15 Å². The predicted molar refractivity (Wildman–Crippen MR) is 61.9 cm³/mol. The van der Waals surface area contributed by atoms with E-state index in [1.165, 1.54) is 12.1 Å². The summed E-state index contributed by atoms with van der Waals surface area (Å²) in [5, 5.41) is 8.30. The van der Waals surface area contributed by atoms with Crippen molar-refractivity contribution in [2.75, 3.05) is 0 Å². The van der Waals surface area contributed by atoms with Crippen molar-refractivity contribution in [3.63, 3.8) is 0 Å². The zero-order valence-electron chi connectivity index (χ0n) is 8.96. The maximum absolute atomic E-state index is 12.8. The third-order valence-electron chi connectivity index (χ3n) is 2.58. The highest BCUT2D eigenvalue weighted by atomic mass is 35.5. The standard InChI is InChI=1S/C12H10ClFN2/c1-7-8(2)12(13)16-15-11(7)9-3-5-10(14)6-4-9/h3-6H,1-2H3. The molecule has 0 saturated heterocycles. The van der Waals surface area contributed by atoms with Crippen LogP contribution in [0.3, 0.4) is 0 Å². The van der Waals surface area contributed by atoms with E-state index in [9.17, 15) is 4.39 Å². The molecule has 0 amide bonds. The molecule has 16 heavy (non-hydrogen) atoms. The molecule has 2 rings (SSSR count). The fourth-order valence-corrected chi connectivity index (χ4v) is 1.64. The molecule has 0 radical (unpaired) electrons. The molecule has 1 aromatic heterocycles. The Hall–Kier alpha value is -1.48. The molecule has 1 heterocycles. The molecule has 0 fully saturated rings. The average Bonchev–Trinajstić information content (AvgIpc) is 2.28. The lowest BCUT2D eigenvalue weighted by atomic mass is 10.0. The second-order valence-electron chi connectivity index (χ2n) is 3.60. The van der Waals surface area contributed by atoms with E-state index in [0.717, 1.165) is 22.4 Å². The van der Waals surface area contributed by atoms with E-state index in [1.54, 1.807) is 12.1 Å². The maximum atomic E-state index is 12.8. The number of halogens is 2. The molecule has 1 aromatic carbocycles. The van der Waals surface area contributed by atoms with Crippen molar-refractivity contribution in [1.29, 1.82) is 0 Å². The van der Waals surface area contributed by atoms with Crippen LogP contribution in [0.1, 0.15) is 11.1 Å². The summed E-state index contributed by atoms with van der Waals surface area (Å²) in [4.78, 5) is 0. The van der Waals surface area contributed by atoms with Crippen LogP contribution in [0.5, 0.6) is 0 Å². The summed E-state index contributed by atoms with van der Waals surface area (Å²) < 4.78 is 12.8. The molecule has 0 bridgehead atoms. The van der Waals surface area contributed by atoms with Gasteiger partial charge in [0.25, 0.3) is 0 Å². The highest BCUT2D eigenvalue weighted by molar-refractivity contribution is 6.30. The van der Waals surface area contributed by atoms with Gasteiger partial charge in [-0.15, -0.1) is 10.2 Å². The first kappa shape index (κ1) is 11.0. The number of hydrogen-bond acceptors (Lipinski definition) is 2. The molecule has 0 saturated carbocycles. The third kappa shape index (κ3) is 1.91. The molecule has 0 aliphatic rings. The van der Waals surface area contributed by atoms with E-state index in [2.05, 4.69) is 10.2 Å². The van der Waals surface area contributed by atoms with E-state index in [0.29, 0.717) is 5.15 Å². The molecule has 2 aromatic rings. The van der Waals surface area contributed by atoms with Gasteiger partial charge >= 0.3 is 0 Å². The van der Waals surface area contributed by atoms with Gasteiger partial charge < -0.3 is 0 Å². The van der Waals surface area contributed by atoms with Gasteiger partial charge in [0.05, 0.1) is 5.69 Å². The summed E-state index contributed by atoms with van der Waals surface area (Å²) in [6.07, 6.45) is 0. The topological polar surface area (TPSA) is 25.8 Å². The van der Waals surface area contributed by atoms with Gasteiger partial charge in [0.1, 0.15) is 5.82 Å². The van der Waals surface area contributed by atoms with Crippen LogP contribution in [0.2, 0.25) is 5.15 Å². The van der Waals surface area contributed by atoms with Gasteiger partial charge in [-0.2, -0.15) is 0 Å². The Kier molecular flexibility index (Phi) is 2.88. The Bertz CT molecular complexity index is 523. The van der Waals surface area contributed by atoms with E-state index in [1.807, 2.05) is 13.8 Å². The molecule has 0 unspecified atom stereocenters. The van der Waals surface area contributed by atoms with Crippen LogP contribution in [0.4, 0.5) is 4.39 Å². The van der Waals surface area contributed by atoms with E-state index < -0.39 is 0 Å². The smallest absolute Gasteiger partial charge is 0.154 e. The number of rotatable bonds is 1. The second kappa shape index (κ2) is 4.18. The van der Waals surface area contributed by atoms with Crippen molar-refractivity contribution >= 4 is 11.6 Å². The first-order chi connectivity index (χ1) is 7.59. The Balaban J connectivity index is 2.57. The van der Waals surface area contributed by atoms with Gasteiger partial charge in [0, 0.05) is 5.56 Å². The normalized spacial score (nSPS) is 10.5. The van der Waals surface area contributed by atoms with Crippen molar-refractivity contribution in [2.24, 2.45) is 0 Å². The zero-order chi connectivity index (χ0) is 11.7. The van der Waals surface area contributed by atoms with Crippen molar-refractivity contribution in [1.82, 2.24) is 10.2 Å². The van der Waals surface area contributed by atoms with E-state index >= 15 is 0 Å². The Morgan fingerprint density at radius 2 is 1.62 bits per heavy atom. The van der Waals surface area contributed by atoms with Gasteiger partial charge in [-0.3, -0.25) is 0 Å². The fraction of sp³-hybridized carbons (Fsp3) is 0.167. The summed E-state index contributed by atoms with van der Waals surface area (Å²) in [5.41, 5.74) is 3.44. The minimum absolute atomic E-state index is 0.264. The SMILES string of the molecule is Cc1c(Cl)nnc(-c2ccc(F)cc2)c1C. The minimum atomic E-state index is -0.264. The Morgan fingerprint density at radius 3 is 2.25 bits per heavy atom.